The molecule has 1 unspecified atom stereocenters. The van der Waals surface area contributed by atoms with Gasteiger partial charge in [0.05, 0.1) is 11.4 Å². The first-order valence-corrected chi connectivity index (χ1v) is 7.77. The van der Waals surface area contributed by atoms with Gasteiger partial charge in [0.15, 0.2) is 0 Å². The molecule has 0 bridgehead atoms. The topological polar surface area (TPSA) is 55.1 Å². The summed E-state index contributed by atoms with van der Waals surface area (Å²) in [7, 11) is 0. The van der Waals surface area contributed by atoms with Gasteiger partial charge in [-0.2, -0.15) is 11.8 Å². The number of carbonyl (C=O) groups is 1. The summed E-state index contributed by atoms with van der Waals surface area (Å²) < 4.78 is 0. The molecule has 1 atom stereocenters. The number of benzene rings is 1. The third-order valence-corrected chi connectivity index (χ3v) is 4.02. The Kier molecular flexibility index (Phi) is 6.47. The van der Waals surface area contributed by atoms with Crippen LogP contribution in [0, 0.1) is 0 Å². The van der Waals surface area contributed by atoms with Gasteiger partial charge in [-0.25, -0.2) is 0 Å². The van der Waals surface area contributed by atoms with Crippen molar-refractivity contribution >= 4 is 35.1 Å². The number of carbonyl (C=O) groups excluding carboxylic acids is 1. The predicted octanol–water partition coefficient (Wildman–Crippen LogP) is 2.43. The van der Waals surface area contributed by atoms with E-state index in [0.29, 0.717) is 5.75 Å². The third kappa shape index (κ3) is 5.48. The first-order chi connectivity index (χ1) is 8.13. The molecule has 5 heteroatoms. The lowest BCUT2D eigenvalue weighted by Gasteiger charge is -2.09. The van der Waals surface area contributed by atoms with E-state index >= 15 is 0 Å². The Hall–Kier alpha value is -0.650. The highest BCUT2D eigenvalue weighted by Crippen LogP contribution is 2.24. The second-order valence-corrected chi connectivity index (χ2v) is 5.62. The van der Waals surface area contributed by atoms with Crippen molar-refractivity contribution in [3.8, 4) is 0 Å². The molecule has 0 spiro atoms. The Morgan fingerprint density at radius 3 is 2.82 bits per heavy atom. The molecule has 0 aromatic heterocycles. The van der Waals surface area contributed by atoms with Gasteiger partial charge in [0.1, 0.15) is 0 Å². The molecule has 0 aliphatic heterocycles. The van der Waals surface area contributed by atoms with Crippen LogP contribution < -0.4 is 11.1 Å². The van der Waals surface area contributed by atoms with E-state index in [1.54, 1.807) is 23.5 Å². The minimum Gasteiger partial charge on any atom is -0.327 e. The Morgan fingerprint density at radius 1 is 1.47 bits per heavy atom. The maximum Gasteiger partial charge on any atom is 0.234 e. The molecule has 0 heterocycles. The van der Waals surface area contributed by atoms with Gasteiger partial charge < -0.3 is 11.1 Å². The van der Waals surface area contributed by atoms with Gasteiger partial charge in [-0.3, -0.25) is 4.79 Å². The summed E-state index contributed by atoms with van der Waals surface area (Å²) in [5.41, 5.74) is 6.50. The summed E-state index contributed by atoms with van der Waals surface area (Å²) in [6.45, 7) is 1.94. The molecule has 3 nitrogen and oxygen atoms in total. The van der Waals surface area contributed by atoms with Gasteiger partial charge in [-0.15, -0.1) is 11.8 Å². The van der Waals surface area contributed by atoms with Gasteiger partial charge in [-0.05, 0) is 25.3 Å². The molecule has 0 aliphatic carbocycles. The summed E-state index contributed by atoms with van der Waals surface area (Å²) >= 11 is 3.18. The fraction of sp³-hybridized carbons (Fsp3) is 0.417. The molecular formula is C12H18N2OS2. The van der Waals surface area contributed by atoms with Crippen LogP contribution in [0.15, 0.2) is 29.2 Å². The Morgan fingerprint density at radius 2 is 2.18 bits per heavy atom. The van der Waals surface area contributed by atoms with E-state index in [4.69, 9.17) is 5.73 Å². The van der Waals surface area contributed by atoms with E-state index in [-0.39, 0.29) is 11.9 Å². The average molecular weight is 270 g/mol. The Labute approximate surface area is 111 Å². The summed E-state index contributed by atoms with van der Waals surface area (Å²) in [6, 6.07) is 7.93. The minimum atomic E-state index is 0.0251. The molecule has 17 heavy (non-hydrogen) atoms. The molecule has 94 valence electrons. The van der Waals surface area contributed by atoms with Crippen LogP contribution in [0.3, 0.4) is 0 Å². The molecule has 0 radical (unpaired) electrons. The first kappa shape index (κ1) is 14.4. The number of anilines is 1. The molecule has 0 aliphatic rings. The van der Waals surface area contributed by atoms with E-state index < -0.39 is 0 Å². The maximum absolute atomic E-state index is 11.7. The fourth-order valence-corrected chi connectivity index (χ4v) is 2.57. The number of rotatable bonds is 6. The molecule has 1 aromatic carbocycles. The summed E-state index contributed by atoms with van der Waals surface area (Å²) in [5, 5.41) is 2.91. The molecule has 0 fully saturated rings. The van der Waals surface area contributed by atoms with Gasteiger partial charge >= 0.3 is 0 Å². The smallest absolute Gasteiger partial charge is 0.234 e. The predicted molar refractivity (Wildman–Crippen MR) is 77.8 cm³/mol. The van der Waals surface area contributed by atoms with Crippen molar-refractivity contribution in [2.75, 3.05) is 23.1 Å². The van der Waals surface area contributed by atoms with Crippen LogP contribution >= 0.6 is 23.5 Å². The van der Waals surface area contributed by atoms with Crippen LogP contribution in [0.25, 0.3) is 0 Å². The van der Waals surface area contributed by atoms with Gasteiger partial charge in [0.25, 0.3) is 0 Å². The molecule has 1 aromatic rings. The lowest BCUT2D eigenvalue weighted by atomic mass is 10.3. The Balaban J connectivity index is 2.45. The number of hydrogen-bond donors (Lipinski definition) is 2. The maximum atomic E-state index is 11.7. The van der Waals surface area contributed by atoms with Crippen LogP contribution in [-0.2, 0) is 4.79 Å². The van der Waals surface area contributed by atoms with Gasteiger partial charge in [0, 0.05) is 16.7 Å². The molecule has 0 saturated heterocycles. The van der Waals surface area contributed by atoms with E-state index in [0.717, 1.165) is 16.3 Å². The van der Waals surface area contributed by atoms with Gasteiger partial charge in [-0.1, -0.05) is 12.1 Å². The number of nitrogens with two attached hydrogens (primary N) is 1. The summed E-state index contributed by atoms with van der Waals surface area (Å²) in [4.78, 5) is 12.8. The van der Waals surface area contributed by atoms with Crippen molar-refractivity contribution in [1.82, 2.24) is 0 Å². The minimum absolute atomic E-state index is 0.0251. The average Bonchev–Trinajstić information content (AvgIpc) is 2.29. The zero-order valence-electron chi connectivity index (χ0n) is 10.1. The fourth-order valence-electron chi connectivity index (χ4n) is 1.27. The second kappa shape index (κ2) is 7.63. The highest BCUT2D eigenvalue weighted by atomic mass is 32.2. The number of nitrogens with one attached hydrogen (secondary N) is 1. The molecular weight excluding hydrogens is 252 g/mol. The Bertz CT molecular complexity index is 369. The number of para-hydroxylation sites is 1. The second-order valence-electron chi connectivity index (χ2n) is 3.74. The highest BCUT2D eigenvalue weighted by Gasteiger charge is 2.06. The zero-order chi connectivity index (χ0) is 12.7. The summed E-state index contributed by atoms with van der Waals surface area (Å²) in [5.74, 6) is 1.28. The van der Waals surface area contributed by atoms with E-state index in [2.05, 4.69) is 5.32 Å². The van der Waals surface area contributed by atoms with Gasteiger partial charge in [0.2, 0.25) is 5.91 Å². The van der Waals surface area contributed by atoms with Crippen molar-refractivity contribution in [1.29, 1.82) is 0 Å². The SMILES string of the molecule is CSc1ccccc1NC(=O)CSCC(C)N. The number of hydrogen-bond acceptors (Lipinski definition) is 4. The summed E-state index contributed by atoms with van der Waals surface area (Å²) in [6.07, 6.45) is 2.00. The van der Waals surface area contributed by atoms with Crippen molar-refractivity contribution in [2.45, 2.75) is 17.9 Å². The standard InChI is InChI=1S/C12H18N2OS2/c1-9(13)7-17-8-12(15)14-10-5-3-4-6-11(10)16-2/h3-6,9H,7-8,13H2,1-2H3,(H,14,15). The zero-order valence-corrected chi connectivity index (χ0v) is 11.7. The van der Waals surface area contributed by atoms with E-state index in [1.807, 2.05) is 37.4 Å². The molecule has 1 rings (SSSR count). The van der Waals surface area contributed by atoms with E-state index in [1.165, 1.54) is 0 Å². The monoisotopic (exact) mass is 270 g/mol. The lowest BCUT2D eigenvalue weighted by molar-refractivity contribution is -0.113. The highest BCUT2D eigenvalue weighted by molar-refractivity contribution is 8.00. The van der Waals surface area contributed by atoms with Crippen LogP contribution in [0.4, 0.5) is 5.69 Å². The van der Waals surface area contributed by atoms with Crippen molar-refractivity contribution in [2.24, 2.45) is 5.73 Å². The van der Waals surface area contributed by atoms with Crippen LogP contribution in [0.5, 0.6) is 0 Å². The quantitative estimate of drug-likeness (QED) is 0.780. The van der Waals surface area contributed by atoms with Crippen LogP contribution in [-0.4, -0.2) is 29.7 Å². The van der Waals surface area contributed by atoms with Crippen molar-refractivity contribution in [3.05, 3.63) is 24.3 Å². The van der Waals surface area contributed by atoms with Crippen LogP contribution in [0.1, 0.15) is 6.92 Å². The van der Waals surface area contributed by atoms with Crippen molar-refractivity contribution in [3.63, 3.8) is 0 Å². The number of amides is 1. The third-order valence-electron chi connectivity index (χ3n) is 1.99. The normalized spacial score (nSPS) is 12.2. The van der Waals surface area contributed by atoms with Crippen LogP contribution in [0.2, 0.25) is 0 Å². The lowest BCUT2D eigenvalue weighted by Crippen LogP contribution is -2.20. The number of thioether (sulfide) groups is 2. The molecule has 3 N–H and O–H groups in total. The molecule has 0 saturated carbocycles. The first-order valence-electron chi connectivity index (χ1n) is 5.39. The van der Waals surface area contributed by atoms with E-state index in [9.17, 15) is 4.79 Å². The largest absolute Gasteiger partial charge is 0.327 e. The van der Waals surface area contributed by atoms with Crippen molar-refractivity contribution < 1.29 is 4.79 Å². The molecule has 1 amide bonds.